The lowest BCUT2D eigenvalue weighted by Crippen LogP contribution is -2.15. The van der Waals surface area contributed by atoms with Crippen LogP contribution < -0.4 is 5.73 Å². The topological polar surface area (TPSA) is 43.1 Å². The van der Waals surface area contributed by atoms with E-state index in [4.69, 9.17) is 5.73 Å². The third kappa shape index (κ3) is 4.50. The second-order valence-corrected chi connectivity index (χ2v) is 3.66. The lowest BCUT2D eigenvalue weighted by molar-refractivity contribution is -0.122. The van der Waals surface area contributed by atoms with E-state index >= 15 is 0 Å². The van der Waals surface area contributed by atoms with E-state index in [-0.39, 0.29) is 5.92 Å². The van der Waals surface area contributed by atoms with Crippen LogP contribution in [0.2, 0.25) is 0 Å². The van der Waals surface area contributed by atoms with Crippen LogP contribution in [-0.4, -0.2) is 12.3 Å². The Balaban J connectivity index is 3.56. The standard InChI is InChI=1S/C10H21NO/c1-4-9(3)10(12)6-5-8(2)7-11/h8-9H,4-7,11H2,1-3H3. The van der Waals surface area contributed by atoms with Gasteiger partial charge in [0, 0.05) is 12.3 Å². The average Bonchev–Trinajstić information content (AvgIpc) is 2.11. The van der Waals surface area contributed by atoms with Gasteiger partial charge in [0.05, 0.1) is 0 Å². The fourth-order valence-corrected chi connectivity index (χ4v) is 0.981. The minimum Gasteiger partial charge on any atom is -0.330 e. The predicted molar refractivity (Wildman–Crippen MR) is 51.9 cm³/mol. The van der Waals surface area contributed by atoms with E-state index in [0.29, 0.717) is 24.7 Å². The van der Waals surface area contributed by atoms with Crippen molar-refractivity contribution in [3.05, 3.63) is 0 Å². The Morgan fingerprint density at radius 2 is 2.00 bits per heavy atom. The molecule has 2 unspecified atom stereocenters. The van der Waals surface area contributed by atoms with Crippen LogP contribution in [-0.2, 0) is 4.79 Å². The fraction of sp³-hybridized carbons (Fsp3) is 0.900. The van der Waals surface area contributed by atoms with Crippen LogP contribution in [0, 0.1) is 11.8 Å². The lowest BCUT2D eigenvalue weighted by atomic mass is 9.96. The molecule has 0 spiro atoms. The number of hydrogen-bond donors (Lipinski definition) is 1. The van der Waals surface area contributed by atoms with E-state index in [2.05, 4.69) is 13.8 Å². The summed E-state index contributed by atoms with van der Waals surface area (Å²) in [7, 11) is 0. The Bertz CT molecular complexity index is 134. The second kappa shape index (κ2) is 6.18. The van der Waals surface area contributed by atoms with Crippen LogP contribution in [0.1, 0.15) is 40.0 Å². The van der Waals surface area contributed by atoms with Crippen LogP contribution in [0.3, 0.4) is 0 Å². The van der Waals surface area contributed by atoms with Crippen LogP contribution >= 0.6 is 0 Å². The molecule has 0 aromatic rings. The van der Waals surface area contributed by atoms with Crippen molar-refractivity contribution in [1.82, 2.24) is 0 Å². The molecule has 2 nitrogen and oxygen atoms in total. The minimum absolute atomic E-state index is 0.231. The highest BCUT2D eigenvalue weighted by Gasteiger charge is 2.11. The van der Waals surface area contributed by atoms with Gasteiger partial charge in [-0.15, -0.1) is 0 Å². The first-order valence-corrected chi connectivity index (χ1v) is 4.84. The van der Waals surface area contributed by atoms with Gasteiger partial charge in [0.2, 0.25) is 0 Å². The molecule has 0 aliphatic rings. The highest BCUT2D eigenvalue weighted by molar-refractivity contribution is 5.80. The summed E-state index contributed by atoms with van der Waals surface area (Å²) in [6.45, 7) is 6.82. The zero-order chi connectivity index (χ0) is 9.56. The molecule has 2 N–H and O–H groups in total. The number of carbonyl (C=O) groups excluding carboxylic acids is 1. The molecule has 0 saturated heterocycles. The largest absolute Gasteiger partial charge is 0.330 e. The summed E-state index contributed by atoms with van der Waals surface area (Å²) in [5.74, 6) is 1.10. The number of Topliss-reactive ketones (excluding diaryl/α,β-unsaturated/α-hetero) is 1. The maximum absolute atomic E-state index is 11.4. The molecule has 0 aliphatic heterocycles. The summed E-state index contributed by atoms with van der Waals surface area (Å²) in [6.07, 6.45) is 2.60. The molecule has 2 atom stereocenters. The molecule has 0 amide bonds. The van der Waals surface area contributed by atoms with E-state index in [1.54, 1.807) is 0 Å². The second-order valence-electron chi connectivity index (χ2n) is 3.66. The quantitative estimate of drug-likeness (QED) is 0.664. The van der Waals surface area contributed by atoms with E-state index < -0.39 is 0 Å². The summed E-state index contributed by atoms with van der Waals surface area (Å²) in [5, 5.41) is 0. The third-order valence-corrected chi connectivity index (χ3v) is 2.45. The lowest BCUT2D eigenvalue weighted by Gasteiger charge is -2.10. The molecule has 12 heavy (non-hydrogen) atoms. The SMILES string of the molecule is CCC(C)C(=O)CCC(C)CN. The predicted octanol–water partition coefficient (Wildman–Crippen LogP) is 1.98. The number of carbonyl (C=O) groups is 1. The van der Waals surface area contributed by atoms with Gasteiger partial charge in [-0.3, -0.25) is 4.79 Å². The van der Waals surface area contributed by atoms with E-state index in [0.717, 1.165) is 12.8 Å². The van der Waals surface area contributed by atoms with Crippen molar-refractivity contribution in [2.45, 2.75) is 40.0 Å². The van der Waals surface area contributed by atoms with Gasteiger partial charge in [-0.1, -0.05) is 20.8 Å². The maximum atomic E-state index is 11.4. The smallest absolute Gasteiger partial charge is 0.135 e. The van der Waals surface area contributed by atoms with Crippen molar-refractivity contribution in [3.8, 4) is 0 Å². The fourth-order valence-electron chi connectivity index (χ4n) is 0.981. The van der Waals surface area contributed by atoms with Gasteiger partial charge in [-0.05, 0) is 25.3 Å². The van der Waals surface area contributed by atoms with Gasteiger partial charge >= 0.3 is 0 Å². The molecule has 0 aromatic heterocycles. The first-order valence-electron chi connectivity index (χ1n) is 4.84. The Labute approximate surface area is 75.5 Å². The molecule has 0 aromatic carbocycles. The van der Waals surface area contributed by atoms with Gasteiger partial charge in [0.25, 0.3) is 0 Å². The first kappa shape index (κ1) is 11.6. The van der Waals surface area contributed by atoms with Crippen molar-refractivity contribution in [1.29, 1.82) is 0 Å². The molecule has 0 bridgehead atoms. The Morgan fingerprint density at radius 3 is 2.42 bits per heavy atom. The summed E-state index contributed by atoms with van der Waals surface area (Å²) < 4.78 is 0. The number of nitrogens with two attached hydrogens (primary N) is 1. The first-order chi connectivity index (χ1) is 5.61. The molecule has 0 aliphatic carbocycles. The molecule has 72 valence electrons. The third-order valence-electron chi connectivity index (χ3n) is 2.45. The zero-order valence-corrected chi connectivity index (χ0v) is 8.47. The minimum atomic E-state index is 0.231. The van der Waals surface area contributed by atoms with Crippen LogP contribution in [0.4, 0.5) is 0 Å². The number of hydrogen-bond acceptors (Lipinski definition) is 2. The monoisotopic (exact) mass is 171 g/mol. The van der Waals surface area contributed by atoms with Gasteiger partial charge in [0.1, 0.15) is 5.78 Å². The molecule has 2 heteroatoms. The Hall–Kier alpha value is -0.370. The normalized spacial score (nSPS) is 15.7. The molecule has 0 rings (SSSR count). The summed E-state index contributed by atoms with van der Waals surface area (Å²) in [6, 6.07) is 0. The van der Waals surface area contributed by atoms with Crippen molar-refractivity contribution in [2.24, 2.45) is 17.6 Å². The van der Waals surface area contributed by atoms with E-state index in [1.165, 1.54) is 0 Å². The molecule has 0 saturated carbocycles. The number of ketones is 1. The summed E-state index contributed by atoms with van der Waals surface area (Å²) in [5.41, 5.74) is 5.46. The molecule has 0 heterocycles. The van der Waals surface area contributed by atoms with Crippen LogP contribution in [0.5, 0.6) is 0 Å². The van der Waals surface area contributed by atoms with Crippen molar-refractivity contribution in [3.63, 3.8) is 0 Å². The van der Waals surface area contributed by atoms with Crippen molar-refractivity contribution >= 4 is 5.78 Å². The molecule has 0 radical (unpaired) electrons. The molecule has 0 fully saturated rings. The van der Waals surface area contributed by atoms with Crippen LogP contribution in [0.15, 0.2) is 0 Å². The van der Waals surface area contributed by atoms with Gasteiger partial charge in [-0.2, -0.15) is 0 Å². The Kier molecular flexibility index (Phi) is 5.99. The molecular formula is C10H21NO. The van der Waals surface area contributed by atoms with Crippen LogP contribution in [0.25, 0.3) is 0 Å². The zero-order valence-electron chi connectivity index (χ0n) is 8.47. The van der Waals surface area contributed by atoms with Crippen molar-refractivity contribution < 1.29 is 4.79 Å². The Morgan fingerprint density at radius 1 is 1.42 bits per heavy atom. The maximum Gasteiger partial charge on any atom is 0.135 e. The van der Waals surface area contributed by atoms with Gasteiger partial charge in [0.15, 0.2) is 0 Å². The van der Waals surface area contributed by atoms with Crippen molar-refractivity contribution in [2.75, 3.05) is 6.54 Å². The van der Waals surface area contributed by atoms with E-state index in [1.807, 2.05) is 6.92 Å². The summed E-state index contributed by atoms with van der Waals surface area (Å²) >= 11 is 0. The average molecular weight is 171 g/mol. The highest BCUT2D eigenvalue weighted by atomic mass is 16.1. The highest BCUT2D eigenvalue weighted by Crippen LogP contribution is 2.10. The summed E-state index contributed by atoms with van der Waals surface area (Å²) in [4.78, 5) is 11.4. The van der Waals surface area contributed by atoms with Gasteiger partial charge < -0.3 is 5.73 Å². The van der Waals surface area contributed by atoms with E-state index in [9.17, 15) is 4.79 Å². The number of rotatable bonds is 6. The van der Waals surface area contributed by atoms with Gasteiger partial charge in [-0.25, -0.2) is 0 Å². The molecular weight excluding hydrogens is 150 g/mol.